The van der Waals surface area contributed by atoms with Crippen LogP contribution in [0.1, 0.15) is 12.5 Å². The lowest BCUT2D eigenvalue weighted by atomic mass is 10.1. The summed E-state index contributed by atoms with van der Waals surface area (Å²) in [4.78, 5) is 10.9. The second-order valence-electron chi connectivity index (χ2n) is 2.97. The van der Waals surface area contributed by atoms with E-state index in [-0.39, 0.29) is 11.5 Å². The zero-order valence-electron chi connectivity index (χ0n) is 8.00. The van der Waals surface area contributed by atoms with E-state index >= 15 is 0 Å². The van der Waals surface area contributed by atoms with Crippen molar-refractivity contribution < 1.29 is 14.6 Å². The Morgan fingerprint density at radius 1 is 1.57 bits per heavy atom. The number of methoxy groups -OCH3 is 1. The van der Waals surface area contributed by atoms with Crippen molar-refractivity contribution in [2.45, 2.75) is 13.3 Å². The Morgan fingerprint density at radius 2 is 2.21 bits per heavy atom. The molecule has 0 fully saturated rings. The second-order valence-corrected chi connectivity index (χ2v) is 3.76. The number of ketones is 1. The standard InChI is InChI=1S/C10H11BrO3/c1-6(12)5-7-3-4-8(13)9(11)10(7)14-2/h3-4,13H,5H2,1-2H3. The minimum absolute atomic E-state index is 0.0564. The third-order valence-corrected chi connectivity index (χ3v) is 2.57. The van der Waals surface area contributed by atoms with Gasteiger partial charge in [-0.1, -0.05) is 6.07 Å². The number of aromatic hydroxyl groups is 1. The Morgan fingerprint density at radius 3 is 2.71 bits per heavy atom. The van der Waals surface area contributed by atoms with Crippen LogP contribution >= 0.6 is 15.9 Å². The Kier molecular flexibility index (Phi) is 3.52. The molecule has 0 radical (unpaired) electrons. The molecule has 14 heavy (non-hydrogen) atoms. The lowest BCUT2D eigenvalue weighted by Gasteiger charge is -2.10. The largest absolute Gasteiger partial charge is 0.507 e. The number of Topliss-reactive ketones (excluding diaryl/α,β-unsaturated/α-hetero) is 1. The number of halogens is 1. The van der Waals surface area contributed by atoms with Crippen molar-refractivity contribution in [1.82, 2.24) is 0 Å². The van der Waals surface area contributed by atoms with Crippen LogP contribution in [0.3, 0.4) is 0 Å². The van der Waals surface area contributed by atoms with Gasteiger partial charge in [0.25, 0.3) is 0 Å². The maximum absolute atomic E-state index is 10.9. The first-order valence-corrected chi connectivity index (χ1v) is 4.89. The van der Waals surface area contributed by atoms with E-state index in [2.05, 4.69) is 15.9 Å². The zero-order valence-corrected chi connectivity index (χ0v) is 9.59. The van der Waals surface area contributed by atoms with Crippen LogP contribution in [0.4, 0.5) is 0 Å². The molecule has 0 aliphatic carbocycles. The first-order valence-electron chi connectivity index (χ1n) is 4.10. The number of phenolic OH excluding ortho intramolecular Hbond substituents is 1. The number of hydrogen-bond acceptors (Lipinski definition) is 3. The SMILES string of the molecule is COc1c(CC(C)=O)ccc(O)c1Br. The quantitative estimate of drug-likeness (QED) is 0.905. The molecule has 0 bridgehead atoms. The highest BCUT2D eigenvalue weighted by Gasteiger charge is 2.12. The number of phenols is 1. The summed E-state index contributed by atoms with van der Waals surface area (Å²) in [5.41, 5.74) is 0.768. The third-order valence-electron chi connectivity index (χ3n) is 1.80. The third kappa shape index (κ3) is 2.26. The van der Waals surface area contributed by atoms with Gasteiger partial charge in [-0.15, -0.1) is 0 Å². The van der Waals surface area contributed by atoms with E-state index in [0.717, 1.165) is 5.56 Å². The van der Waals surface area contributed by atoms with Gasteiger partial charge in [-0.25, -0.2) is 0 Å². The number of carbonyl (C=O) groups excluding carboxylic acids is 1. The monoisotopic (exact) mass is 258 g/mol. The average Bonchev–Trinajstić information content (AvgIpc) is 2.11. The van der Waals surface area contributed by atoms with Gasteiger partial charge in [0, 0.05) is 12.0 Å². The molecular weight excluding hydrogens is 248 g/mol. The molecule has 0 saturated heterocycles. The van der Waals surface area contributed by atoms with Gasteiger partial charge in [-0.2, -0.15) is 0 Å². The number of benzene rings is 1. The van der Waals surface area contributed by atoms with Crippen LogP contribution in [0.15, 0.2) is 16.6 Å². The molecule has 0 amide bonds. The van der Waals surface area contributed by atoms with Gasteiger partial charge in [0.05, 0.1) is 7.11 Å². The van der Waals surface area contributed by atoms with E-state index in [4.69, 9.17) is 4.74 Å². The fourth-order valence-corrected chi connectivity index (χ4v) is 1.76. The van der Waals surface area contributed by atoms with Gasteiger partial charge in [0.1, 0.15) is 21.8 Å². The summed E-state index contributed by atoms with van der Waals surface area (Å²) in [7, 11) is 1.50. The molecule has 0 spiro atoms. The highest BCUT2D eigenvalue weighted by atomic mass is 79.9. The summed E-state index contributed by atoms with van der Waals surface area (Å²) >= 11 is 3.19. The van der Waals surface area contributed by atoms with Crippen molar-refractivity contribution in [1.29, 1.82) is 0 Å². The molecule has 0 heterocycles. The summed E-state index contributed by atoms with van der Waals surface area (Å²) in [5.74, 6) is 0.676. The molecule has 0 atom stereocenters. The topological polar surface area (TPSA) is 46.5 Å². The number of rotatable bonds is 3. The van der Waals surface area contributed by atoms with Gasteiger partial charge in [-0.05, 0) is 28.9 Å². The van der Waals surface area contributed by atoms with Crippen LogP contribution in [0.25, 0.3) is 0 Å². The lowest BCUT2D eigenvalue weighted by molar-refractivity contribution is -0.116. The van der Waals surface area contributed by atoms with Gasteiger partial charge in [0.2, 0.25) is 0 Å². The fourth-order valence-electron chi connectivity index (χ4n) is 1.21. The summed E-state index contributed by atoms with van der Waals surface area (Å²) in [6, 6.07) is 3.21. The molecule has 4 heteroatoms. The molecule has 1 rings (SSSR count). The molecular formula is C10H11BrO3. The van der Waals surface area contributed by atoms with Crippen molar-refractivity contribution >= 4 is 21.7 Å². The first-order chi connectivity index (χ1) is 6.56. The molecule has 0 aliphatic heterocycles. The molecule has 0 saturated carbocycles. The number of hydrogen-bond donors (Lipinski definition) is 1. The molecule has 1 aromatic rings. The predicted molar refractivity (Wildman–Crippen MR) is 56.7 cm³/mol. The molecule has 0 aliphatic rings. The van der Waals surface area contributed by atoms with Crippen LogP contribution in [-0.2, 0) is 11.2 Å². The van der Waals surface area contributed by atoms with E-state index in [1.54, 1.807) is 6.07 Å². The van der Waals surface area contributed by atoms with Crippen LogP contribution in [0.5, 0.6) is 11.5 Å². The number of carbonyl (C=O) groups is 1. The molecule has 0 aromatic heterocycles. The van der Waals surface area contributed by atoms with Crippen molar-refractivity contribution in [3.8, 4) is 11.5 Å². The summed E-state index contributed by atoms with van der Waals surface area (Å²) in [6.45, 7) is 1.51. The normalized spacial score (nSPS) is 9.93. The zero-order chi connectivity index (χ0) is 10.7. The van der Waals surface area contributed by atoms with Crippen molar-refractivity contribution in [2.24, 2.45) is 0 Å². The van der Waals surface area contributed by atoms with Crippen LogP contribution < -0.4 is 4.74 Å². The molecule has 76 valence electrons. The van der Waals surface area contributed by atoms with E-state index in [1.165, 1.54) is 20.1 Å². The minimum atomic E-state index is 0.0564. The molecule has 3 nitrogen and oxygen atoms in total. The van der Waals surface area contributed by atoms with Crippen LogP contribution in [0, 0.1) is 0 Å². The summed E-state index contributed by atoms with van der Waals surface area (Å²) in [6.07, 6.45) is 0.308. The van der Waals surface area contributed by atoms with Gasteiger partial charge < -0.3 is 9.84 Å². The smallest absolute Gasteiger partial charge is 0.140 e. The van der Waals surface area contributed by atoms with E-state index in [1.807, 2.05) is 0 Å². The fraction of sp³-hybridized carbons (Fsp3) is 0.300. The highest BCUT2D eigenvalue weighted by Crippen LogP contribution is 2.36. The summed E-state index contributed by atoms with van der Waals surface area (Å²) in [5, 5.41) is 9.38. The maximum Gasteiger partial charge on any atom is 0.140 e. The van der Waals surface area contributed by atoms with Crippen molar-refractivity contribution in [3.05, 3.63) is 22.2 Å². The van der Waals surface area contributed by atoms with E-state index < -0.39 is 0 Å². The Balaban J connectivity index is 3.17. The van der Waals surface area contributed by atoms with Gasteiger partial charge >= 0.3 is 0 Å². The molecule has 1 N–H and O–H groups in total. The lowest BCUT2D eigenvalue weighted by Crippen LogP contribution is -2.00. The highest BCUT2D eigenvalue weighted by molar-refractivity contribution is 9.10. The summed E-state index contributed by atoms with van der Waals surface area (Å²) < 4.78 is 5.58. The van der Waals surface area contributed by atoms with E-state index in [9.17, 15) is 9.90 Å². The first kappa shape index (κ1) is 11.0. The van der Waals surface area contributed by atoms with Gasteiger partial charge in [-0.3, -0.25) is 4.79 Å². The van der Waals surface area contributed by atoms with E-state index in [0.29, 0.717) is 16.6 Å². The Labute approximate surface area is 90.8 Å². The van der Waals surface area contributed by atoms with Crippen LogP contribution in [-0.4, -0.2) is 18.0 Å². The second kappa shape index (κ2) is 4.46. The van der Waals surface area contributed by atoms with Crippen molar-refractivity contribution in [2.75, 3.05) is 7.11 Å². The molecule has 1 aromatic carbocycles. The minimum Gasteiger partial charge on any atom is -0.507 e. The Hall–Kier alpha value is -1.03. The van der Waals surface area contributed by atoms with Crippen LogP contribution in [0.2, 0.25) is 0 Å². The average molecular weight is 259 g/mol. The van der Waals surface area contributed by atoms with Crippen molar-refractivity contribution in [3.63, 3.8) is 0 Å². The van der Waals surface area contributed by atoms with Gasteiger partial charge in [0.15, 0.2) is 0 Å². The molecule has 0 unspecified atom stereocenters. The maximum atomic E-state index is 10.9. The predicted octanol–water partition coefficient (Wildman–Crippen LogP) is 2.29. The number of ether oxygens (including phenoxy) is 1. The Bertz CT molecular complexity index is 361.